The number of fused-ring (bicyclic) bond motifs is 1. The molecule has 0 aliphatic carbocycles. The minimum atomic E-state index is -4.45. The summed E-state index contributed by atoms with van der Waals surface area (Å²) in [7, 11) is 3.00. The Bertz CT molecular complexity index is 545. The fraction of sp³-hybridized carbons (Fsp3) is 0.714. The van der Waals surface area contributed by atoms with E-state index >= 15 is 0 Å². The van der Waals surface area contributed by atoms with Crippen molar-refractivity contribution in [1.29, 1.82) is 0 Å². The zero-order chi connectivity index (χ0) is 17.8. The van der Waals surface area contributed by atoms with E-state index in [-0.39, 0.29) is 10.7 Å². The molecule has 1 aliphatic heterocycles. The predicted molar refractivity (Wildman–Crippen MR) is 82.6 cm³/mol. The molecular formula is C14H22ClF3N4O. The first-order chi connectivity index (χ1) is 10.7. The van der Waals surface area contributed by atoms with Crippen LogP contribution in [0.15, 0.2) is 0 Å². The van der Waals surface area contributed by atoms with Gasteiger partial charge in [0.05, 0.1) is 10.7 Å². The molecule has 0 saturated carbocycles. The van der Waals surface area contributed by atoms with Crippen molar-refractivity contribution in [2.75, 3.05) is 27.2 Å². The highest BCUT2D eigenvalue weighted by molar-refractivity contribution is 6.34. The summed E-state index contributed by atoms with van der Waals surface area (Å²) >= 11 is 6.15. The highest BCUT2D eigenvalue weighted by Crippen LogP contribution is 2.26. The molecule has 1 amide bonds. The molecule has 0 saturated heterocycles. The Morgan fingerprint density at radius 2 is 1.96 bits per heavy atom. The van der Waals surface area contributed by atoms with E-state index in [4.69, 9.17) is 11.6 Å². The summed E-state index contributed by atoms with van der Waals surface area (Å²) in [6.45, 7) is 4.65. The van der Waals surface area contributed by atoms with Crippen LogP contribution >= 0.6 is 11.6 Å². The third-order valence-electron chi connectivity index (χ3n) is 3.29. The van der Waals surface area contributed by atoms with Crippen LogP contribution < -0.4 is 0 Å². The molecule has 0 bridgehead atoms. The maximum Gasteiger partial charge on any atom is 0.406 e. The molecule has 2 rings (SSSR count). The van der Waals surface area contributed by atoms with Crippen LogP contribution in [0.2, 0.25) is 5.02 Å². The fourth-order valence-electron chi connectivity index (χ4n) is 2.29. The number of carbonyl (C=O) groups is 1. The van der Waals surface area contributed by atoms with Gasteiger partial charge in [0.1, 0.15) is 6.54 Å². The maximum absolute atomic E-state index is 12.4. The molecule has 9 heteroatoms. The van der Waals surface area contributed by atoms with Crippen LogP contribution in [0.1, 0.15) is 36.5 Å². The fourth-order valence-corrected chi connectivity index (χ4v) is 2.57. The van der Waals surface area contributed by atoms with E-state index in [1.165, 1.54) is 0 Å². The average molecular weight is 355 g/mol. The van der Waals surface area contributed by atoms with Crippen molar-refractivity contribution in [1.82, 2.24) is 19.6 Å². The molecule has 0 spiro atoms. The monoisotopic (exact) mass is 354 g/mol. The summed E-state index contributed by atoms with van der Waals surface area (Å²) < 4.78 is 38.7. The number of hydrogen-bond acceptors (Lipinski definition) is 3. The van der Waals surface area contributed by atoms with Crippen LogP contribution in [-0.4, -0.2) is 58.8 Å². The van der Waals surface area contributed by atoms with Gasteiger partial charge in [-0.15, -0.1) is 0 Å². The van der Waals surface area contributed by atoms with Crippen LogP contribution in [0.4, 0.5) is 13.2 Å². The number of carbonyl (C=O) groups excluding carboxylic acids is 1. The molecule has 0 atom stereocenters. The number of aromatic nitrogens is 2. The molecule has 0 fully saturated rings. The molecule has 1 aliphatic rings. The zero-order valence-electron chi connectivity index (χ0n) is 13.7. The highest BCUT2D eigenvalue weighted by atomic mass is 35.5. The Balaban J connectivity index is 0.00000127. The Morgan fingerprint density at radius 3 is 2.52 bits per heavy atom. The lowest BCUT2D eigenvalue weighted by atomic mass is 10.3. The molecule has 5 nitrogen and oxygen atoms in total. The first-order valence-corrected chi connectivity index (χ1v) is 7.83. The summed E-state index contributed by atoms with van der Waals surface area (Å²) in [5.41, 5.74) is 0.550. The van der Waals surface area contributed by atoms with Gasteiger partial charge in [-0.05, 0) is 13.5 Å². The van der Waals surface area contributed by atoms with Crippen molar-refractivity contribution in [2.45, 2.75) is 39.5 Å². The summed E-state index contributed by atoms with van der Waals surface area (Å²) in [6, 6.07) is 0. The predicted octanol–water partition coefficient (Wildman–Crippen LogP) is 3.03. The minimum Gasteiger partial charge on any atom is -0.331 e. The second-order valence-corrected chi connectivity index (χ2v) is 5.58. The van der Waals surface area contributed by atoms with Crippen LogP contribution in [0.3, 0.4) is 0 Å². The van der Waals surface area contributed by atoms with E-state index in [0.717, 1.165) is 20.0 Å². The van der Waals surface area contributed by atoms with Crippen molar-refractivity contribution in [3.05, 3.63) is 16.4 Å². The second-order valence-electron chi connectivity index (χ2n) is 5.20. The first-order valence-electron chi connectivity index (χ1n) is 7.45. The summed E-state index contributed by atoms with van der Waals surface area (Å²) in [4.78, 5) is 14.7. The number of aryl methyl sites for hydroxylation is 1. The lowest BCUT2D eigenvalue weighted by molar-refractivity contribution is -0.138. The Labute approximate surface area is 139 Å². The van der Waals surface area contributed by atoms with Gasteiger partial charge in [-0.25, -0.2) is 0 Å². The minimum absolute atomic E-state index is 0.117. The molecule has 0 radical (unpaired) electrons. The summed E-state index contributed by atoms with van der Waals surface area (Å²) in [5.74, 6) is -0.819. The molecule has 23 heavy (non-hydrogen) atoms. The van der Waals surface area contributed by atoms with Crippen LogP contribution in [0, 0.1) is 0 Å². The van der Waals surface area contributed by atoms with Crippen molar-refractivity contribution in [3.63, 3.8) is 0 Å². The third kappa shape index (κ3) is 5.10. The Morgan fingerprint density at radius 1 is 1.35 bits per heavy atom. The Kier molecular flexibility index (Phi) is 6.88. The second kappa shape index (κ2) is 8.01. The highest BCUT2D eigenvalue weighted by Gasteiger charge is 2.34. The topological polar surface area (TPSA) is 41.4 Å². The van der Waals surface area contributed by atoms with Gasteiger partial charge < -0.3 is 9.80 Å². The largest absolute Gasteiger partial charge is 0.406 e. The van der Waals surface area contributed by atoms with Gasteiger partial charge in [-0.3, -0.25) is 9.48 Å². The molecule has 0 aromatic carbocycles. The zero-order valence-corrected chi connectivity index (χ0v) is 14.5. The number of alkyl halides is 3. The van der Waals surface area contributed by atoms with Crippen LogP contribution in [0.5, 0.6) is 0 Å². The van der Waals surface area contributed by atoms with E-state index in [1.807, 2.05) is 25.8 Å². The van der Waals surface area contributed by atoms with E-state index in [0.29, 0.717) is 23.7 Å². The van der Waals surface area contributed by atoms with Gasteiger partial charge in [0.25, 0.3) is 5.91 Å². The van der Waals surface area contributed by atoms with Gasteiger partial charge >= 0.3 is 6.18 Å². The van der Waals surface area contributed by atoms with Gasteiger partial charge in [-0.1, -0.05) is 25.4 Å². The quantitative estimate of drug-likeness (QED) is 0.819. The van der Waals surface area contributed by atoms with Crippen molar-refractivity contribution in [2.24, 2.45) is 0 Å². The molecule has 0 unspecified atom stereocenters. The lowest BCUT2D eigenvalue weighted by Gasteiger charge is -2.18. The summed E-state index contributed by atoms with van der Waals surface area (Å²) in [5, 5.41) is 4.24. The molecule has 132 valence electrons. The third-order valence-corrected chi connectivity index (χ3v) is 3.69. The normalized spacial score (nSPS) is 15.3. The number of amides is 1. The molecule has 1 aromatic rings. The van der Waals surface area contributed by atoms with Crippen molar-refractivity contribution in [3.8, 4) is 0 Å². The van der Waals surface area contributed by atoms with Gasteiger partial charge in [0.2, 0.25) is 0 Å². The standard InChI is InChI=1S/C12H16ClF3N4O.C2H6/c1-18-4-3-5-20-8(6-18)9(13)10(17-20)11(21)19(2)7-12(14,15)16;1-2/h3-7H2,1-2H3;1-2H3. The summed E-state index contributed by atoms with van der Waals surface area (Å²) in [6.07, 6.45) is -3.61. The van der Waals surface area contributed by atoms with E-state index < -0.39 is 18.6 Å². The van der Waals surface area contributed by atoms with E-state index in [1.54, 1.807) is 4.68 Å². The van der Waals surface area contributed by atoms with Crippen molar-refractivity contribution >= 4 is 17.5 Å². The van der Waals surface area contributed by atoms with Crippen LogP contribution in [0.25, 0.3) is 0 Å². The maximum atomic E-state index is 12.4. The molecule has 2 heterocycles. The van der Waals surface area contributed by atoms with E-state index in [2.05, 4.69) is 5.10 Å². The number of nitrogens with zero attached hydrogens (tertiary/aromatic N) is 4. The van der Waals surface area contributed by atoms with E-state index in [9.17, 15) is 18.0 Å². The van der Waals surface area contributed by atoms with Crippen LogP contribution in [-0.2, 0) is 13.1 Å². The van der Waals surface area contributed by atoms with Crippen molar-refractivity contribution < 1.29 is 18.0 Å². The van der Waals surface area contributed by atoms with Gasteiger partial charge in [-0.2, -0.15) is 18.3 Å². The molecule has 0 N–H and O–H groups in total. The Hall–Kier alpha value is -1.28. The molecular weight excluding hydrogens is 333 g/mol. The lowest BCUT2D eigenvalue weighted by Crippen LogP contribution is -2.36. The number of hydrogen-bond donors (Lipinski definition) is 0. The average Bonchev–Trinajstić information content (AvgIpc) is 2.65. The number of rotatable bonds is 2. The van der Waals surface area contributed by atoms with Gasteiger partial charge in [0, 0.05) is 26.7 Å². The molecule has 1 aromatic heterocycles. The van der Waals surface area contributed by atoms with Gasteiger partial charge in [0.15, 0.2) is 5.69 Å². The number of halogens is 4. The first kappa shape index (κ1) is 19.8. The smallest absolute Gasteiger partial charge is 0.331 e. The SMILES string of the molecule is CC.CN1CCCn2nc(C(=O)N(C)CC(F)(F)F)c(Cl)c2C1.